The number of rotatable bonds is 7. The maximum Gasteiger partial charge on any atom is 0.339 e. The maximum absolute atomic E-state index is 11.5. The van der Waals surface area contributed by atoms with Gasteiger partial charge in [0, 0.05) is 24.8 Å². The predicted octanol–water partition coefficient (Wildman–Crippen LogP) is 3.17. The van der Waals surface area contributed by atoms with Crippen molar-refractivity contribution in [1.82, 2.24) is 0 Å². The summed E-state index contributed by atoms with van der Waals surface area (Å²) in [5.41, 5.74) is 2.55. The quantitative estimate of drug-likeness (QED) is 0.597. The monoisotopic (exact) mass is 369 g/mol. The van der Waals surface area contributed by atoms with Crippen molar-refractivity contribution >= 4 is 17.2 Å². The Kier molecular flexibility index (Phi) is 6.33. The molecule has 0 atom stereocenters. The molecule has 0 amide bonds. The zero-order valence-corrected chi connectivity index (χ0v) is 15.3. The highest BCUT2D eigenvalue weighted by molar-refractivity contribution is 6.15. The molecule has 0 aromatic heterocycles. The lowest BCUT2D eigenvalue weighted by molar-refractivity contribution is -0.130. The van der Waals surface area contributed by atoms with E-state index in [0.29, 0.717) is 5.56 Å². The Labute approximate surface area is 158 Å². The normalized spacial score (nSPS) is 14.7. The van der Waals surface area contributed by atoms with E-state index < -0.39 is 5.97 Å². The van der Waals surface area contributed by atoms with E-state index >= 15 is 0 Å². The van der Waals surface area contributed by atoms with Crippen LogP contribution in [-0.2, 0) is 20.9 Å². The second-order valence-corrected chi connectivity index (χ2v) is 6.11. The molecule has 1 fully saturated rings. The molecule has 0 radical (unpaired) electrons. The minimum atomic E-state index is -1.04. The van der Waals surface area contributed by atoms with Gasteiger partial charge in [0.25, 0.3) is 0 Å². The van der Waals surface area contributed by atoms with Crippen LogP contribution in [-0.4, -0.2) is 44.5 Å². The molecular weight excluding hydrogens is 346 g/mol. The third kappa shape index (κ3) is 4.80. The molecule has 3 rings (SSSR count). The molecule has 1 saturated heterocycles. The molecule has 0 bridgehead atoms. The van der Waals surface area contributed by atoms with E-state index in [0.717, 1.165) is 43.3 Å². The van der Waals surface area contributed by atoms with E-state index in [4.69, 9.17) is 14.2 Å². The van der Waals surface area contributed by atoms with Crippen molar-refractivity contribution in [1.29, 1.82) is 0 Å². The molecule has 6 heteroatoms. The largest absolute Gasteiger partial charge is 0.503 e. The number of hydrogen-bond acceptors (Lipinski definition) is 5. The van der Waals surface area contributed by atoms with Crippen LogP contribution in [0.15, 0.2) is 54.8 Å². The topological polar surface area (TPSA) is 68.2 Å². The van der Waals surface area contributed by atoms with Gasteiger partial charge in [-0.15, -0.1) is 0 Å². The van der Waals surface area contributed by atoms with Gasteiger partial charge in [-0.25, -0.2) is 4.79 Å². The van der Waals surface area contributed by atoms with E-state index in [-0.39, 0.29) is 12.2 Å². The molecule has 0 unspecified atom stereocenters. The van der Waals surface area contributed by atoms with E-state index in [2.05, 4.69) is 11.0 Å². The summed E-state index contributed by atoms with van der Waals surface area (Å²) in [6.07, 6.45) is 1.24. The van der Waals surface area contributed by atoms with Crippen LogP contribution < -0.4 is 9.64 Å². The molecule has 142 valence electrons. The number of aliphatic carboxylic acids is 1. The first-order valence-electron chi connectivity index (χ1n) is 8.79. The fourth-order valence-electron chi connectivity index (χ4n) is 3.01. The Morgan fingerprint density at radius 2 is 1.96 bits per heavy atom. The van der Waals surface area contributed by atoms with Gasteiger partial charge in [-0.05, 0) is 23.3 Å². The van der Waals surface area contributed by atoms with Crippen LogP contribution in [0.5, 0.6) is 5.75 Å². The van der Waals surface area contributed by atoms with Crippen LogP contribution in [0.1, 0.15) is 11.1 Å². The summed E-state index contributed by atoms with van der Waals surface area (Å²) in [4.78, 5) is 13.8. The van der Waals surface area contributed by atoms with Gasteiger partial charge in [-0.2, -0.15) is 0 Å². The molecular formula is C21H23NO5. The molecule has 1 heterocycles. The first kappa shape index (κ1) is 18.8. The molecule has 2 aromatic rings. The Hall–Kier alpha value is -2.99. The smallest absolute Gasteiger partial charge is 0.339 e. The highest BCUT2D eigenvalue weighted by Crippen LogP contribution is 2.25. The molecule has 1 aliphatic heterocycles. The van der Waals surface area contributed by atoms with E-state index in [1.54, 1.807) is 12.1 Å². The number of nitrogens with zero attached hydrogens (tertiary/aromatic N) is 1. The second kappa shape index (κ2) is 9.09. The number of methoxy groups -OCH3 is 1. The van der Waals surface area contributed by atoms with Crippen LogP contribution in [0.4, 0.5) is 5.69 Å². The van der Waals surface area contributed by atoms with Gasteiger partial charge in [0.1, 0.15) is 17.9 Å². The Morgan fingerprint density at radius 1 is 1.19 bits per heavy atom. The lowest BCUT2D eigenvalue weighted by atomic mass is 10.0. The molecule has 1 aliphatic rings. The minimum absolute atomic E-state index is 0.0961. The van der Waals surface area contributed by atoms with Gasteiger partial charge in [-0.1, -0.05) is 30.3 Å². The number of morpholine rings is 1. The standard InChI is InChI=1S/C21H23NO5/c1-25-15-20(21(23)24)19-8-3-2-5-16(19)14-27-18-7-4-6-17(13-18)22-9-11-26-12-10-22/h2-8,13,15H,9-12,14H2,1H3,(H,23,24). The Morgan fingerprint density at radius 3 is 2.70 bits per heavy atom. The van der Waals surface area contributed by atoms with Crippen LogP contribution in [0.3, 0.4) is 0 Å². The summed E-state index contributed by atoms with van der Waals surface area (Å²) < 4.78 is 16.3. The lowest BCUT2D eigenvalue weighted by Crippen LogP contribution is -2.36. The van der Waals surface area contributed by atoms with Gasteiger partial charge in [0.2, 0.25) is 0 Å². The first-order chi connectivity index (χ1) is 13.2. The number of benzene rings is 2. The van der Waals surface area contributed by atoms with Gasteiger partial charge in [-0.3, -0.25) is 0 Å². The average molecular weight is 369 g/mol. The maximum atomic E-state index is 11.5. The number of carboxylic acid groups (broad SMARTS) is 1. The molecule has 6 nitrogen and oxygen atoms in total. The van der Waals surface area contributed by atoms with Gasteiger partial charge >= 0.3 is 5.97 Å². The predicted molar refractivity (Wildman–Crippen MR) is 103 cm³/mol. The van der Waals surface area contributed by atoms with Crippen LogP contribution in [0.25, 0.3) is 5.57 Å². The molecule has 27 heavy (non-hydrogen) atoms. The zero-order valence-electron chi connectivity index (χ0n) is 15.3. The van der Waals surface area contributed by atoms with Crippen molar-refractivity contribution in [2.45, 2.75) is 6.61 Å². The summed E-state index contributed by atoms with van der Waals surface area (Å²) >= 11 is 0. The van der Waals surface area contributed by atoms with Gasteiger partial charge in [0.15, 0.2) is 0 Å². The first-order valence-corrected chi connectivity index (χ1v) is 8.79. The average Bonchev–Trinajstić information content (AvgIpc) is 2.71. The third-order valence-electron chi connectivity index (χ3n) is 4.36. The van der Waals surface area contributed by atoms with Gasteiger partial charge < -0.3 is 24.2 Å². The molecule has 0 saturated carbocycles. The molecule has 2 aromatic carbocycles. The van der Waals surface area contributed by atoms with Crippen LogP contribution in [0.2, 0.25) is 0 Å². The third-order valence-corrected chi connectivity index (χ3v) is 4.36. The van der Waals surface area contributed by atoms with E-state index in [9.17, 15) is 9.90 Å². The van der Waals surface area contributed by atoms with E-state index in [1.807, 2.05) is 30.3 Å². The Bertz CT molecular complexity index is 812. The number of ether oxygens (including phenoxy) is 3. The number of carboxylic acids is 1. The fraction of sp³-hybridized carbons (Fsp3) is 0.286. The number of hydrogen-bond donors (Lipinski definition) is 1. The van der Waals surface area contributed by atoms with Crippen molar-refractivity contribution in [3.63, 3.8) is 0 Å². The van der Waals surface area contributed by atoms with Crippen LogP contribution >= 0.6 is 0 Å². The minimum Gasteiger partial charge on any atom is -0.503 e. The van der Waals surface area contributed by atoms with Gasteiger partial charge in [0.05, 0.1) is 26.6 Å². The Balaban J connectivity index is 1.76. The number of anilines is 1. The molecule has 0 spiro atoms. The lowest BCUT2D eigenvalue weighted by Gasteiger charge is -2.29. The second-order valence-electron chi connectivity index (χ2n) is 6.11. The summed E-state index contributed by atoms with van der Waals surface area (Å²) in [6, 6.07) is 15.2. The van der Waals surface area contributed by atoms with Crippen molar-refractivity contribution in [2.75, 3.05) is 38.3 Å². The van der Waals surface area contributed by atoms with Crippen molar-refractivity contribution in [3.05, 3.63) is 65.9 Å². The van der Waals surface area contributed by atoms with Crippen molar-refractivity contribution < 1.29 is 24.1 Å². The van der Waals surface area contributed by atoms with Crippen LogP contribution in [0, 0.1) is 0 Å². The fourth-order valence-corrected chi connectivity index (χ4v) is 3.01. The highest BCUT2D eigenvalue weighted by Gasteiger charge is 2.16. The number of carbonyl (C=O) groups is 1. The molecule has 1 N–H and O–H groups in total. The highest BCUT2D eigenvalue weighted by atomic mass is 16.5. The summed E-state index contributed by atoms with van der Waals surface area (Å²) in [5.74, 6) is -0.306. The van der Waals surface area contributed by atoms with Crippen molar-refractivity contribution in [3.8, 4) is 5.75 Å². The SMILES string of the molecule is COC=C(C(=O)O)c1ccccc1COc1cccc(N2CCOCC2)c1. The zero-order chi connectivity index (χ0) is 19.1. The summed E-state index contributed by atoms with van der Waals surface area (Å²) in [5, 5.41) is 9.44. The van der Waals surface area contributed by atoms with E-state index in [1.165, 1.54) is 13.4 Å². The summed E-state index contributed by atoms with van der Waals surface area (Å²) in [7, 11) is 1.43. The molecule has 0 aliphatic carbocycles. The summed E-state index contributed by atoms with van der Waals surface area (Å²) in [6.45, 7) is 3.42. The van der Waals surface area contributed by atoms with Crippen molar-refractivity contribution in [2.24, 2.45) is 0 Å².